The van der Waals surface area contributed by atoms with E-state index in [4.69, 9.17) is 0 Å². The summed E-state index contributed by atoms with van der Waals surface area (Å²) in [6, 6.07) is 3.39. The summed E-state index contributed by atoms with van der Waals surface area (Å²) in [5.41, 5.74) is 0.394. The number of esters is 1. The van der Waals surface area contributed by atoms with Gasteiger partial charge in [0.2, 0.25) is 10.0 Å². The summed E-state index contributed by atoms with van der Waals surface area (Å²) < 4.78 is 28.9. The number of methoxy groups -OCH3 is 1. The molecular formula is C12H17N3O4S. The van der Waals surface area contributed by atoms with Crippen molar-refractivity contribution in [3.63, 3.8) is 0 Å². The fourth-order valence-corrected chi connectivity index (χ4v) is 2.89. The smallest absolute Gasteiger partial charge is 0.339 e. The number of anilines is 1. The van der Waals surface area contributed by atoms with E-state index in [-0.39, 0.29) is 0 Å². The van der Waals surface area contributed by atoms with E-state index in [1.807, 2.05) is 4.90 Å². The van der Waals surface area contributed by atoms with Gasteiger partial charge in [0.05, 0.1) is 18.9 Å². The maximum Gasteiger partial charge on any atom is 0.339 e. The zero-order valence-electron chi connectivity index (χ0n) is 11.4. The molecule has 0 bridgehead atoms. The van der Waals surface area contributed by atoms with Crippen LogP contribution < -0.4 is 4.90 Å². The number of sulfonamides is 1. The number of ether oxygens (including phenoxy) is 1. The standard InChI is InChI=1S/C12H17N3O4S/c1-19-12(16)10-3-4-11(13-9-10)14-5-7-15(8-6-14)20(2,17)18/h3-4,9H,5-8H2,1-2H3. The lowest BCUT2D eigenvalue weighted by molar-refractivity contribution is 0.0600. The fourth-order valence-electron chi connectivity index (χ4n) is 2.06. The number of pyridine rings is 1. The lowest BCUT2D eigenvalue weighted by Crippen LogP contribution is -2.48. The first-order valence-corrected chi connectivity index (χ1v) is 8.01. The number of hydrogen-bond donors (Lipinski definition) is 0. The Balaban J connectivity index is 2.02. The van der Waals surface area contributed by atoms with Crippen molar-refractivity contribution in [2.24, 2.45) is 0 Å². The molecule has 1 aromatic rings. The molecule has 2 heterocycles. The third-order valence-electron chi connectivity index (χ3n) is 3.20. The summed E-state index contributed by atoms with van der Waals surface area (Å²) in [4.78, 5) is 17.5. The number of piperazine rings is 1. The van der Waals surface area contributed by atoms with Gasteiger partial charge in [-0.15, -0.1) is 0 Å². The predicted octanol–water partition coefficient (Wildman–Crippen LogP) is -0.0502. The van der Waals surface area contributed by atoms with Crippen LogP contribution in [0.4, 0.5) is 5.82 Å². The number of carbonyl (C=O) groups excluding carboxylic acids is 1. The first kappa shape index (κ1) is 14.7. The Morgan fingerprint density at radius 3 is 2.35 bits per heavy atom. The minimum atomic E-state index is -3.13. The topological polar surface area (TPSA) is 79.8 Å². The molecular weight excluding hydrogens is 282 g/mol. The van der Waals surface area contributed by atoms with Gasteiger partial charge in [-0.05, 0) is 12.1 Å². The molecule has 0 amide bonds. The van der Waals surface area contributed by atoms with Crippen LogP contribution in [-0.2, 0) is 14.8 Å². The highest BCUT2D eigenvalue weighted by atomic mass is 32.2. The van der Waals surface area contributed by atoms with Crippen molar-refractivity contribution in [1.29, 1.82) is 0 Å². The lowest BCUT2D eigenvalue weighted by Gasteiger charge is -2.33. The summed E-state index contributed by atoms with van der Waals surface area (Å²) in [6.45, 7) is 2.05. The predicted molar refractivity (Wildman–Crippen MR) is 74.2 cm³/mol. The average Bonchev–Trinajstić information content (AvgIpc) is 2.46. The molecule has 0 aromatic carbocycles. The Morgan fingerprint density at radius 2 is 1.90 bits per heavy atom. The van der Waals surface area contributed by atoms with Gasteiger partial charge in [0.15, 0.2) is 0 Å². The average molecular weight is 299 g/mol. The van der Waals surface area contributed by atoms with Crippen molar-refractivity contribution in [1.82, 2.24) is 9.29 Å². The third kappa shape index (κ3) is 3.26. The van der Waals surface area contributed by atoms with E-state index in [2.05, 4.69) is 9.72 Å². The maximum absolute atomic E-state index is 11.4. The Morgan fingerprint density at radius 1 is 1.25 bits per heavy atom. The molecule has 1 aromatic heterocycles. The van der Waals surface area contributed by atoms with Crippen LogP contribution in [0, 0.1) is 0 Å². The molecule has 1 saturated heterocycles. The summed E-state index contributed by atoms with van der Waals surface area (Å²) in [5.74, 6) is 0.303. The van der Waals surface area contributed by atoms with Gasteiger partial charge in [-0.25, -0.2) is 18.2 Å². The molecule has 1 aliphatic heterocycles. The molecule has 0 spiro atoms. The second-order valence-electron chi connectivity index (χ2n) is 4.55. The highest BCUT2D eigenvalue weighted by Crippen LogP contribution is 2.15. The third-order valence-corrected chi connectivity index (χ3v) is 4.50. The zero-order valence-corrected chi connectivity index (χ0v) is 12.3. The van der Waals surface area contributed by atoms with Crippen molar-refractivity contribution in [2.45, 2.75) is 0 Å². The highest BCUT2D eigenvalue weighted by molar-refractivity contribution is 7.88. The second kappa shape index (κ2) is 5.76. The number of nitrogens with zero attached hydrogens (tertiary/aromatic N) is 3. The van der Waals surface area contributed by atoms with Crippen molar-refractivity contribution < 1.29 is 17.9 Å². The van der Waals surface area contributed by atoms with E-state index in [9.17, 15) is 13.2 Å². The van der Waals surface area contributed by atoms with Crippen LogP contribution in [0.1, 0.15) is 10.4 Å². The van der Waals surface area contributed by atoms with E-state index >= 15 is 0 Å². The van der Waals surface area contributed by atoms with Crippen molar-refractivity contribution in [3.8, 4) is 0 Å². The molecule has 110 valence electrons. The molecule has 0 radical (unpaired) electrons. The lowest BCUT2D eigenvalue weighted by atomic mass is 10.2. The zero-order chi connectivity index (χ0) is 14.8. The molecule has 0 saturated carbocycles. The Kier molecular flexibility index (Phi) is 4.24. The Bertz CT molecular complexity index is 577. The SMILES string of the molecule is COC(=O)c1ccc(N2CCN(S(C)(=O)=O)CC2)nc1. The van der Waals surface area contributed by atoms with Gasteiger partial charge in [-0.1, -0.05) is 0 Å². The molecule has 8 heteroatoms. The first-order valence-electron chi connectivity index (χ1n) is 6.16. The van der Waals surface area contributed by atoms with E-state index < -0.39 is 16.0 Å². The van der Waals surface area contributed by atoms with Crippen LogP contribution in [0.25, 0.3) is 0 Å². The van der Waals surface area contributed by atoms with E-state index in [0.717, 1.165) is 5.82 Å². The molecule has 20 heavy (non-hydrogen) atoms. The normalized spacial score (nSPS) is 17.0. The van der Waals surface area contributed by atoms with Crippen LogP contribution in [0.3, 0.4) is 0 Å². The summed E-state index contributed by atoms with van der Waals surface area (Å²) in [7, 11) is -1.81. The van der Waals surface area contributed by atoms with Gasteiger partial charge in [-0.3, -0.25) is 0 Å². The second-order valence-corrected chi connectivity index (χ2v) is 6.53. The van der Waals surface area contributed by atoms with Gasteiger partial charge >= 0.3 is 5.97 Å². The Hall–Kier alpha value is -1.67. The van der Waals surface area contributed by atoms with Gasteiger partial charge in [0.25, 0.3) is 0 Å². The minimum absolute atomic E-state index is 0.394. The van der Waals surface area contributed by atoms with Gasteiger partial charge in [-0.2, -0.15) is 4.31 Å². The van der Waals surface area contributed by atoms with Crippen LogP contribution in [0.15, 0.2) is 18.3 Å². The maximum atomic E-state index is 11.4. The molecule has 1 aliphatic rings. The summed E-state index contributed by atoms with van der Waals surface area (Å²) in [6.07, 6.45) is 2.68. The van der Waals surface area contributed by atoms with E-state index in [1.54, 1.807) is 12.1 Å². The molecule has 0 aliphatic carbocycles. The number of aromatic nitrogens is 1. The van der Waals surface area contributed by atoms with Crippen molar-refractivity contribution >= 4 is 21.8 Å². The minimum Gasteiger partial charge on any atom is -0.465 e. The molecule has 2 rings (SSSR count). The summed E-state index contributed by atoms with van der Waals surface area (Å²) in [5, 5.41) is 0. The van der Waals surface area contributed by atoms with E-state index in [0.29, 0.717) is 31.7 Å². The monoisotopic (exact) mass is 299 g/mol. The number of rotatable bonds is 3. The van der Waals surface area contributed by atoms with Crippen molar-refractivity contribution in [2.75, 3.05) is 44.4 Å². The number of carbonyl (C=O) groups is 1. The van der Waals surface area contributed by atoms with Gasteiger partial charge in [0.1, 0.15) is 5.82 Å². The van der Waals surface area contributed by atoms with Crippen LogP contribution >= 0.6 is 0 Å². The quantitative estimate of drug-likeness (QED) is 0.728. The highest BCUT2D eigenvalue weighted by Gasteiger charge is 2.24. The molecule has 0 unspecified atom stereocenters. The largest absolute Gasteiger partial charge is 0.465 e. The molecule has 1 fully saturated rings. The van der Waals surface area contributed by atoms with Crippen LogP contribution in [0.2, 0.25) is 0 Å². The Labute approximate surface area is 118 Å². The molecule has 0 N–H and O–H groups in total. The molecule has 7 nitrogen and oxygen atoms in total. The van der Waals surface area contributed by atoms with E-state index in [1.165, 1.54) is 23.9 Å². The fraction of sp³-hybridized carbons (Fsp3) is 0.500. The van der Waals surface area contributed by atoms with Gasteiger partial charge < -0.3 is 9.64 Å². The van der Waals surface area contributed by atoms with Crippen LogP contribution in [-0.4, -0.2) is 63.2 Å². The summed E-state index contributed by atoms with van der Waals surface area (Å²) >= 11 is 0. The number of hydrogen-bond acceptors (Lipinski definition) is 6. The first-order chi connectivity index (χ1) is 9.41. The van der Waals surface area contributed by atoms with Crippen LogP contribution in [0.5, 0.6) is 0 Å². The van der Waals surface area contributed by atoms with Gasteiger partial charge in [0, 0.05) is 32.4 Å². The van der Waals surface area contributed by atoms with Crippen molar-refractivity contribution in [3.05, 3.63) is 23.9 Å². The molecule has 0 atom stereocenters.